The molecular weight excluding hydrogens is 246 g/mol. The Kier molecular flexibility index (Phi) is 3.49. The summed E-state index contributed by atoms with van der Waals surface area (Å²) in [6.45, 7) is 0. The summed E-state index contributed by atoms with van der Waals surface area (Å²) in [5, 5.41) is 27.0. The molecule has 1 heterocycles. The number of amidine groups is 1. The van der Waals surface area contributed by atoms with Crippen LogP contribution in [-0.2, 0) is 0 Å². The van der Waals surface area contributed by atoms with Crippen LogP contribution in [0.1, 0.15) is 0 Å². The molecule has 0 atom stereocenters. The van der Waals surface area contributed by atoms with Gasteiger partial charge in [0.2, 0.25) is 18.0 Å². The van der Waals surface area contributed by atoms with Gasteiger partial charge in [-0.05, 0) is 12.1 Å². The van der Waals surface area contributed by atoms with Crippen molar-refractivity contribution in [3.05, 3.63) is 30.7 Å². The number of hydrazone groups is 1. The van der Waals surface area contributed by atoms with Crippen molar-refractivity contribution in [2.45, 2.75) is 0 Å². The van der Waals surface area contributed by atoms with Gasteiger partial charge in [0.25, 0.3) is 0 Å². The third-order valence-electron chi connectivity index (χ3n) is 2.17. The molecule has 0 amide bonds. The maximum absolute atomic E-state index is 8.75. The molecule has 0 fully saturated rings. The number of hydrogen-bond donors (Lipinski definition) is 3. The molecule has 94 valence electrons. The maximum atomic E-state index is 8.75. The fourth-order valence-electron chi connectivity index (χ4n) is 1.32. The zero-order valence-electron chi connectivity index (χ0n) is 9.66. The van der Waals surface area contributed by atoms with Gasteiger partial charge in [-0.25, -0.2) is 0 Å². The molecule has 1 aromatic heterocycles. The summed E-state index contributed by atoms with van der Waals surface area (Å²) in [7, 11) is 0. The number of aromatic nitrogens is 2. The summed E-state index contributed by atoms with van der Waals surface area (Å²) in [4.78, 5) is 0. The lowest BCUT2D eigenvalue weighted by Gasteiger charge is -2.05. The summed E-state index contributed by atoms with van der Waals surface area (Å²) in [5.74, 6) is -0.0927. The van der Waals surface area contributed by atoms with E-state index in [4.69, 9.17) is 20.8 Å². The van der Waals surface area contributed by atoms with Crippen LogP contribution in [0.25, 0.3) is 11.5 Å². The number of nitriles is 1. The number of anilines is 1. The van der Waals surface area contributed by atoms with Crippen molar-refractivity contribution in [2.75, 3.05) is 5.43 Å². The lowest BCUT2D eigenvalue weighted by atomic mass is 10.2. The van der Waals surface area contributed by atoms with Crippen molar-refractivity contribution in [3.8, 4) is 17.5 Å². The molecule has 0 radical (unpaired) electrons. The summed E-state index contributed by atoms with van der Waals surface area (Å²) in [6.07, 6.45) is 1.21. The van der Waals surface area contributed by atoms with Gasteiger partial charge in [0.15, 0.2) is 5.84 Å². The van der Waals surface area contributed by atoms with Crippen LogP contribution in [0.2, 0.25) is 0 Å². The molecule has 2 rings (SSSR count). The topological polar surface area (TPSA) is 137 Å². The van der Waals surface area contributed by atoms with Gasteiger partial charge >= 0.3 is 0 Å². The fraction of sp³-hybridized carbons (Fsp3) is 0. The Labute approximate surface area is 108 Å². The lowest BCUT2D eigenvalue weighted by Crippen LogP contribution is -2.21. The van der Waals surface area contributed by atoms with E-state index in [1.807, 2.05) is 0 Å². The predicted molar refractivity (Wildman–Crippen MR) is 68.3 cm³/mol. The summed E-state index contributed by atoms with van der Waals surface area (Å²) >= 11 is 0. The largest absolute Gasteiger partial charge is 0.423 e. The summed E-state index contributed by atoms with van der Waals surface area (Å²) in [6, 6.07) is 8.76. The second-order valence-corrected chi connectivity index (χ2v) is 3.39. The number of benzene rings is 1. The first-order valence-electron chi connectivity index (χ1n) is 5.16. The third kappa shape index (κ3) is 2.73. The smallest absolute Gasteiger partial charge is 0.249 e. The van der Waals surface area contributed by atoms with E-state index in [1.54, 1.807) is 30.3 Å². The first kappa shape index (κ1) is 12.3. The highest BCUT2D eigenvalue weighted by molar-refractivity contribution is 6.45. The highest BCUT2D eigenvalue weighted by Crippen LogP contribution is 2.25. The Morgan fingerprint density at radius 1 is 1.47 bits per heavy atom. The quantitative estimate of drug-likeness (QED) is 0.422. The molecule has 0 bridgehead atoms. The first-order chi connectivity index (χ1) is 9.22. The van der Waals surface area contributed by atoms with Gasteiger partial charge in [0, 0.05) is 0 Å². The third-order valence-corrected chi connectivity index (χ3v) is 2.17. The average Bonchev–Trinajstić information content (AvgIpc) is 2.93. The molecule has 8 heteroatoms. The summed E-state index contributed by atoms with van der Waals surface area (Å²) in [5.41, 5.74) is 8.82. The minimum Gasteiger partial charge on any atom is -0.423 e. The van der Waals surface area contributed by atoms with Crippen molar-refractivity contribution in [3.63, 3.8) is 0 Å². The van der Waals surface area contributed by atoms with Crippen LogP contribution in [0.15, 0.2) is 40.2 Å². The SMILES string of the molecule is N#C/C(=N\Nc1ccccc1-c1nnco1)C(=N)N. The van der Waals surface area contributed by atoms with Crippen LogP contribution in [0.3, 0.4) is 0 Å². The Balaban J connectivity index is 2.32. The van der Waals surface area contributed by atoms with Gasteiger partial charge in [-0.1, -0.05) is 12.1 Å². The minimum absolute atomic E-state index is 0.208. The van der Waals surface area contributed by atoms with Crippen molar-refractivity contribution in [2.24, 2.45) is 10.8 Å². The second-order valence-electron chi connectivity index (χ2n) is 3.39. The monoisotopic (exact) mass is 255 g/mol. The van der Waals surface area contributed by atoms with Crippen LogP contribution in [0.5, 0.6) is 0 Å². The van der Waals surface area contributed by atoms with E-state index in [1.165, 1.54) is 6.39 Å². The Bertz CT molecular complexity index is 654. The molecular formula is C11H9N7O. The van der Waals surface area contributed by atoms with E-state index in [2.05, 4.69) is 20.7 Å². The van der Waals surface area contributed by atoms with Crippen molar-refractivity contribution in [1.82, 2.24) is 10.2 Å². The molecule has 0 spiro atoms. The molecule has 0 saturated carbocycles. The van der Waals surface area contributed by atoms with Gasteiger partial charge in [-0.2, -0.15) is 10.4 Å². The number of para-hydroxylation sites is 1. The van der Waals surface area contributed by atoms with Gasteiger partial charge in [-0.15, -0.1) is 10.2 Å². The van der Waals surface area contributed by atoms with Crippen LogP contribution >= 0.6 is 0 Å². The molecule has 2 aromatic rings. The van der Waals surface area contributed by atoms with E-state index in [9.17, 15) is 0 Å². The molecule has 0 saturated heterocycles. The number of nitrogens with one attached hydrogen (secondary N) is 2. The first-order valence-corrected chi connectivity index (χ1v) is 5.16. The van der Waals surface area contributed by atoms with Gasteiger partial charge < -0.3 is 10.2 Å². The Morgan fingerprint density at radius 3 is 2.89 bits per heavy atom. The standard InChI is InChI=1S/C11H9N7O/c12-5-9(10(13)14)17-16-8-4-2-1-3-7(8)11-18-15-6-19-11/h1-4,6,16H,(H3,13,14)/b17-9+. The Hall–Kier alpha value is -3.21. The molecule has 0 aliphatic heterocycles. The zero-order chi connectivity index (χ0) is 13.7. The number of nitrogens with two attached hydrogens (primary N) is 1. The van der Waals surface area contributed by atoms with Crippen LogP contribution in [0, 0.1) is 16.7 Å². The van der Waals surface area contributed by atoms with Crippen molar-refractivity contribution < 1.29 is 4.42 Å². The molecule has 0 aliphatic carbocycles. The van der Waals surface area contributed by atoms with Crippen LogP contribution in [-0.4, -0.2) is 21.7 Å². The molecule has 0 unspecified atom stereocenters. The van der Waals surface area contributed by atoms with Gasteiger partial charge in [-0.3, -0.25) is 10.8 Å². The Morgan fingerprint density at radius 2 is 2.26 bits per heavy atom. The van der Waals surface area contributed by atoms with Gasteiger partial charge in [0.05, 0.1) is 11.3 Å². The summed E-state index contributed by atoms with van der Waals surface area (Å²) < 4.78 is 5.10. The minimum atomic E-state index is -0.412. The highest BCUT2D eigenvalue weighted by Gasteiger charge is 2.09. The normalized spacial score (nSPS) is 10.8. The maximum Gasteiger partial charge on any atom is 0.249 e. The van der Waals surface area contributed by atoms with Crippen molar-refractivity contribution >= 4 is 17.2 Å². The number of rotatable bonds is 4. The van der Waals surface area contributed by atoms with Gasteiger partial charge in [0.1, 0.15) is 6.07 Å². The molecule has 1 aromatic carbocycles. The zero-order valence-corrected chi connectivity index (χ0v) is 9.66. The second kappa shape index (κ2) is 5.42. The highest BCUT2D eigenvalue weighted by atomic mass is 16.4. The average molecular weight is 255 g/mol. The van der Waals surface area contributed by atoms with E-state index >= 15 is 0 Å². The van der Waals surface area contributed by atoms with E-state index in [-0.39, 0.29) is 5.71 Å². The predicted octanol–water partition coefficient (Wildman–Crippen LogP) is 0.964. The molecule has 4 N–H and O–H groups in total. The van der Waals surface area contributed by atoms with Crippen LogP contribution in [0.4, 0.5) is 5.69 Å². The van der Waals surface area contributed by atoms with E-state index < -0.39 is 5.84 Å². The van der Waals surface area contributed by atoms with E-state index in [0.29, 0.717) is 17.1 Å². The molecule has 19 heavy (non-hydrogen) atoms. The molecule has 8 nitrogen and oxygen atoms in total. The van der Waals surface area contributed by atoms with Crippen molar-refractivity contribution in [1.29, 1.82) is 10.7 Å². The number of nitrogens with zero attached hydrogens (tertiary/aromatic N) is 4. The van der Waals surface area contributed by atoms with Crippen LogP contribution < -0.4 is 11.2 Å². The molecule has 0 aliphatic rings. The van der Waals surface area contributed by atoms with E-state index in [0.717, 1.165) is 0 Å². The fourth-order valence-corrected chi connectivity index (χ4v) is 1.32. The lowest BCUT2D eigenvalue weighted by molar-refractivity contribution is 0.569. The number of hydrogen-bond acceptors (Lipinski definition) is 7.